The van der Waals surface area contributed by atoms with Crippen molar-refractivity contribution in [1.82, 2.24) is 0 Å². The number of rotatable bonds is 3. The summed E-state index contributed by atoms with van der Waals surface area (Å²) < 4.78 is 0. The monoisotopic (exact) mass is 258 g/mol. The molecule has 0 bridgehead atoms. The average Bonchev–Trinajstić information content (AvgIpc) is 2.34. The summed E-state index contributed by atoms with van der Waals surface area (Å²) in [6.45, 7) is 3.93. The van der Waals surface area contributed by atoms with Gasteiger partial charge in [-0.05, 0) is 38.1 Å². The number of carbonyl (C=O) groups is 1. The Morgan fingerprint density at radius 3 is 2.22 bits per heavy atom. The van der Waals surface area contributed by atoms with Gasteiger partial charge in [0.05, 0.1) is 5.56 Å². The molecule has 0 atom stereocenters. The fourth-order valence-electron chi connectivity index (χ4n) is 1.63. The summed E-state index contributed by atoms with van der Waals surface area (Å²) in [4.78, 5) is 13.0. The van der Waals surface area contributed by atoms with Gasteiger partial charge in [0.1, 0.15) is 0 Å². The third-order valence-electron chi connectivity index (χ3n) is 2.61. The molecule has 0 heterocycles. The fraction of sp³-hybridized carbons (Fsp3) is 0.133. The van der Waals surface area contributed by atoms with Crippen LogP contribution in [0.2, 0.25) is 0 Å². The quantitative estimate of drug-likeness (QED) is 0.898. The Kier molecular flexibility index (Phi) is 3.72. The van der Waals surface area contributed by atoms with Gasteiger partial charge in [-0.1, -0.05) is 41.1 Å². The highest BCUT2D eigenvalue weighted by molar-refractivity contribution is 7.99. The molecule has 0 saturated heterocycles. The molecule has 2 nitrogen and oxygen atoms in total. The summed E-state index contributed by atoms with van der Waals surface area (Å²) in [5.41, 5.74) is 2.52. The lowest BCUT2D eigenvalue weighted by Gasteiger charge is -2.07. The van der Waals surface area contributed by atoms with Gasteiger partial charge in [0, 0.05) is 9.79 Å². The van der Waals surface area contributed by atoms with Crippen LogP contribution in [0.15, 0.2) is 52.3 Å². The Bertz CT molecular complexity index is 574. The zero-order chi connectivity index (χ0) is 13.1. The summed E-state index contributed by atoms with van der Waals surface area (Å²) in [6, 6.07) is 13.6. The van der Waals surface area contributed by atoms with Crippen LogP contribution in [0.1, 0.15) is 21.5 Å². The molecule has 0 amide bonds. The lowest BCUT2D eigenvalue weighted by atomic mass is 10.1. The molecular weight excluding hydrogens is 244 g/mol. The molecule has 0 aliphatic heterocycles. The molecule has 18 heavy (non-hydrogen) atoms. The van der Waals surface area contributed by atoms with Gasteiger partial charge in [-0.25, -0.2) is 4.79 Å². The first-order valence-corrected chi connectivity index (χ1v) is 6.46. The van der Waals surface area contributed by atoms with E-state index in [0.717, 1.165) is 15.4 Å². The molecule has 0 aromatic heterocycles. The van der Waals surface area contributed by atoms with Crippen LogP contribution in [0.25, 0.3) is 0 Å². The van der Waals surface area contributed by atoms with Gasteiger partial charge in [0.2, 0.25) is 0 Å². The number of aromatic carboxylic acids is 1. The van der Waals surface area contributed by atoms with E-state index >= 15 is 0 Å². The Hall–Kier alpha value is -1.74. The molecule has 0 aliphatic carbocycles. The smallest absolute Gasteiger partial charge is 0.336 e. The predicted octanol–water partition coefficient (Wildman–Crippen LogP) is 4.15. The van der Waals surface area contributed by atoms with Crippen molar-refractivity contribution in [3.05, 3.63) is 59.2 Å². The van der Waals surface area contributed by atoms with Crippen LogP contribution in [0.3, 0.4) is 0 Å². The van der Waals surface area contributed by atoms with Gasteiger partial charge < -0.3 is 5.11 Å². The van der Waals surface area contributed by atoms with Crippen molar-refractivity contribution in [3.63, 3.8) is 0 Å². The molecule has 0 radical (unpaired) electrons. The first kappa shape index (κ1) is 12.7. The molecule has 0 fully saturated rings. The number of aryl methyl sites for hydroxylation is 2. The minimum absolute atomic E-state index is 0.362. The van der Waals surface area contributed by atoms with E-state index < -0.39 is 5.97 Å². The van der Waals surface area contributed by atoms with Gasteiger partial charge in [-0.3, -0.25) is 0 Å². The van der Waals surface area contributed by atoms with E-state index in [1.54, 1.807) is 6.07 Å². The van der Waals surface area contributed by atoms with E-state index in [4.69, 9.17) is 0 Å². The molecule has 2 rings (SSSR count). The van der Waals surface area contributed by atoms with Crippen molar-refractivity contribution in [1.29, 1.82) is 0 Å². The third kappa shape index (κ3) is 2.93. The SMILES string of the molecule is Cc1ccc(Sc2ccc(C)cc2C(=O)O)cc1. The highest BCUT2D eigenvalue weighted by atomic mass is 32.2. The van der Waals surface area contributed by atoms with Gasteiger partial charge in [0.25, 0.3) is 0 Å². The van der Waals surface area contributed by atoms with E-state index in [2.05, 4.69) is 0 Å². The van der Waals surface area contributed by atoms with Crippen molar-refractivity contribution >= 4 is 17.7 Å². The van der Waals surface area contributed by atoms with Crippen LogP contribution in [-0.4, -0.2) is 11.1 Å². The number of carboxylic acids is 1. The third-order valence-corrected chi connectivity index (χ3v) is 3.70. The van der Waals surface area contributed by atoms with Crippen LogP contribution < -0.4 is 0 Å². The highest BCUT2D eigenvalue weighted by Gasteiger charge is 2.11. The van der Waals surface area contributed by atoms with Crippen LogP contribution in [-0.2, 0) is 0 Å². The topological polar surface area (TPSA) is 37.3 Å². The first-order chi connectivity index (χ1) is 8.56. The molecule has 2 aromatic rings. The van der Waals surface area contributed by atoms with E-state index in [0.29, 0.717) is 5.56 Å². The Labute approximate surface area is 111 Å². The van der Waals surface area contributed by atoms with Crippen molar-refractivity contribution < 1.29 is 9.90 Å². The van der Waals surface area contributed by atoms with Crippen LogP contribution >= 0.6 is 11.8 Å². The largest absolute Gasteiger partial charge is 0.478 e. The molecule has 0 saturated carbocycles. The molecule has 92 valence electrons. The zero-order valence-corrected chi connectivity index (χ0v) is 11.1. The Morgan fingerprint density at radius 2 is 1.61 bits per heavy atom. The van der Waals surface area contributed by atoms with Crippen molar-refractivity contribution in [3.8, 4) is 0 Å². The molecule has 3 heteroatoms. The predicted molar refractivity (Wildman–Crippen MR) is 73.4 cm³/mol. The van der Waals surface area contributed by atoms with Crippen molar-refractivity contribution in [2.45, 2.75) is 23.6 Å². The van der Waals surface area contributed by atoms with Crippen molar-refractivity contribution in [2.75, 3.05) is 0 Å². The number of benzene rings is 2. The second-order valence-corrected chi connectivity index (χ2v) is 5.34. The van der Waals surface area contributed by atoms with Gasteiger partial charge in [-0.2, -0.15) is 0 Å². The number of carboxylic acid groups (broad SMARTS) is 1. The molecule has 0 spiro atoms. The Morgan fingerprint density at radius 1 is 1.00 bits per heavy atom. The first-order valence-electron chi connectivity index (χ1n) is 5.65. The van der Waals surface area contributed by atoms with Gasteiger partial charge >= 0.3 is 5.97 Å². The van der Waals surface area contributed by atoms with Gasteiger partial charge in [-0.15, -0.1) is 0 Å². The summed E-state index contributed by atoms with van der Waals surface area (Å²) in [6.07, 6.45) is 0. The van der Waals surface area contributed by atoms with Crippen LogP contribution in [0, 0.1) is 13.8 Å². The van der Waals surface area contributed by atoms with E-state index in [1.807, 2.05) is 50.2 Å². The summed E-state index contributed by atoms with van der Waals surface area (Å²) in [5.74, 6) is -0.881. The minimum atomic E-state index is -0.881. The lowest BCUT2D eigenvalue weighted by molar-refractivity contribution is 0.0693. The normalized spacial score (nSPS) is 10.3. The van der Waals surface area contributed by atoms with Gasteiger partial charge in [0.15, 0.2) is 0 Å². The lowest BCUT2D eigenvalue weighted by Crippen LogP contribution is -1.99. The second kappa shape index (κ2) is 5.27. The molecule has 2 aromatic carbocycles. The summed E-state index contributed by atoms with van der Waals surface area (Å²) in [7, 11) is 0. The number of hydrogen-bond acceptors (Lipinski definition) is 2. The standard InChI is InChI=1S/C15H14O2S/c1-10-3-6-12(7-4-10)18-14-8-5-11(2)9-13(14)15(16)17/h3-9H,1-2H3,(H,16,17). The Balaban J connectivity index is 2.34. The van der Waals surface area contributed by atoms with Crippen molar-refractivity contribution in [2.24, 2.45) is 0 Å². The second-order valence-electron chi connectivity index (χ2n) is 4.22. The van der Waals surface area contributed by atoms with E-state index in [1.165, 1.54) is 17.3 Å². The van der Waals surface area contributed by atoms with E-state index in [9.17, 15) is 9.90 Å². The van der Waals surface area contributed by atoms with Crippen LogP contribution in [0.5, 0.6) is 0 Å². The molecule has 1 N–H and O–H groups in total. The molecule has 0 unspecified atom stereocenters. The summed E-state index contributed by atoms with van der Waals surface area (Å²) in [5, 5.41) is 9.20. The molecule has 0 aliphatic rings. The maximum Gasteiger partial charge on any atom is 0.336 e. The molecular formula is C15H14O2S. The maximum atomic E-state index is 11.2. The maximum absolute atomic E-state index is 11.2. The minimum Gasteiger partial charge on any atom is -0.478 e. The number of hydrogen-bond donors (Lipinski definition) is 1. The average molecular weight is 258 g/mol. The van der Waals surface area contributed by atoms with E-state index in [-0.39, 0.29) is 0 Å². The highest BCUT2D eigenvalue weighted by Crippen LogP contribution is 2.31. The van der Waals surface area contributed by atoms with Crippen LogP contribution in [0.4, 0.5) is 0 Å². The summed E-state index contributed by atoms with van der Waals surface area (Å²) >= 11 is 1.48. The fourth-order valence-corrected chi connectivity index (χ4v) is 2.55. The zero-order valence-electron chi connectivity index (χ0n) is 10.3.